The molecular formula is C19H27N3O4. The normalized spacial score (nSPS) is 19.7. The van der Waals surface area contributed by atoms with Crippen molar-refractivity contribution in [3.63, 3.8) is 0 Å². The highest BCUT2D eigenvalue weighted by atomic mass is 16.5. The van der Waals surface area contributed by atoms with Crippen LogP contribution in [0.25, 0.3) is 0 Å². The molecule has 0 saturated carbocycles. The fourth-order valence-corrected chi connectivity index (χ4v) is 3.28. The lowest BCUT2D eigenvalue weighted by atomic mass is 9.91. The van der Waals surface area contributed by atoms with Crippen molar-refractivity contribution in [2.45, 2.75) is 39.3 Å². The van der Waals surface area contributed by atoms with Gasteiger partial charge >= 0.3 is 6.03 Å². The summed E-state index contributed by atoms with van der Waals surface area (Å²) in [5.41, 5.74) is -0.0973. The van der Waals surface area contributed by atoms with E-state index in [4.69, 9.17) is 4.74 Å². The van der Waals surface area contributed by atoms with Crippen molar-refractivity contribution in [3.05, 3.63) is 29.8 Å². The average molecular weight is 361 g/mol. The summed E-state index contributed by atoms with van der Waals surface area (Å²) in [4.78, 5) is 39.9. The number of amides is 4. The highest BCUT2D eigenvalue weighted by molar-refractivity contribution is 6.08. The molecule has 0 radical (unpaired) electrons. The molecule has 0 unspecified atom stereocenters. The minimum Gasteiger partial charge on any atom is -0.496 e. The monoisotopic (exact) mass is 361 g/mol. The second kappa shape index (κ2) is 7.76. The van der Waals surface area contributed by atoms with Crippen LogP contribution in [0, 0.1) is 5.92 Å². The summed E-state index contributed by atoms with van der Waals surface area (Å²) in [5, 5.41) is 2.72. The molecule has 7 nitrogen and oxygen atoms in total. The number of methoxy groups -OCH3 is 1. The zero-order valence-electron chi connectivity index (χ0n) is 16.0. The number of rotatable bonds is 7. The number of hydrogen-bond donors (Lipinski definition) is 1. The number of imide groups is 1. The minimum absolute atomic E-state index is 0.244. The summed E-state index contributed by atoms with van der Waals surface area (Å²) < 4.78 is 5.29. The van der Waals surface area contributed by atoms with Crippen molar-refractivity contribution in [2.24, 2.45) is 5.92 Å². The van der Waals surface area contributed by atoms with Crippen LogP contribution in [0.1, 0.15) is 32.8 Å². The summed E-state index contributed by atoms with van der Waals surface area (Å²) in [5.74, 6) is 0.267. The SMILES string of the molecule is COc1ccccc1CN(C)C(=O)CN1C(=O)N[C@@](C)(CC(C)C)C1=O. The third kappa shape index (κ3) is 4.15. The Labute approximate surface area is 154 Å². The number of urea groups is 1. The number of nitrogens with zero attached hydrogens (tertiary/aromatic N) is 2. The first-order valence-electron chi connectivity index (χ1n) is 8.68. The fourth-order valence-electron chi connectivity index (χ4n) is 3.28. The molecule has 1 atom stereocenters. The molecular weight excluding hydrogens is 334 g/mol. The summed E-state index contributed by atoms with van der Waals surface area (Å²) >= 11 is 0. The lowest BCUT2D eigenvalue weighted by Gasteiger charge is -2.24. The predicted octanol–water partition coefficient (Wildman–Crippen LogP) is 2.01. The van der Waals surface area contributed by atoms with Crippen molar-refractivity contribution in [1.82, 2.24) is 15.1 Å². The smallest absolute Gasteiger partial charge is 0.325 e. The maximum Gasteiger partial charge on any atom is 0.325 e. The Morgan fingerprint density at radius 2 is 1.96 bits per heavy atom. The van der Waals surface area contributed by atoms with Crippen LogP contribution in [-0.4, -0.2) is 53.9 Å². The summed E-state index contributed by atoms with van der Waals surface area (Å²) in [6, 6.07) is 6.90. The molecule has 0 bridgehead atoms. The number of nitrogens with one attached hydrogen (secondary N) is 1. The van der Waals surface area contributed by atoms with Gasteiger partial charge in [-0.15, -0.1) is 0 Å². The quantitative estimate of drug-likeness (QED) is 0.754. The molecule has 1 aliphatic heterocycles. The van der Waals surface area contributed by atoms with Crippen LogP contribution in [0.2, 0.25) is 0 Å². The molecule has 1 N–H and O–H groups in total. The summed E-state index contributed by atoms with van der Waals surface area (Å²) in [7, 11) is 3.21. The van der Waals surface area contributed by atoms with Crippen molar-refractivity contribution in [3.8, 4) is 5.75 Å². The van der Waals surface area contributed by atoms with Gasteiger partial charge in [0.05, 0.1) is 7.11 Å². The van der Waals surface area contributed by atoms with Crippen LogP contribution in [0.4, 0.5) is 4.79 Å². The minimum atomic E-state index is -0.952. The number of ether oxygens (including phenoxy) is 1. The van der Waals surface area contributed by atoms with Crippen LogP contribution in [-0.2, 0) is 16.1 Å². The molecule has 1 aromatic carbocycles. The molecule has 1 aliphatic rings. The Bertz CT molecular complexity index is 704. The Hall–Kier alpha value is -2.57. The first kappa shape index (κ1) is 19.8. The van der Waals surface area contributed by atoms with Crippen LogP contribution >= 0.6 is 0 Å². The average Bonchev–Trinajstić information content (AvgIpc) is 2.77. The lowest BCUT2D eigenvalue weighted by molar-refractivity contribution is -0.138. The number of likely N-dealkylation sites (N-methyl/N-ethyl adjacent to an activating group) is 1. The highest BCUT2D eigenvalue weighted by Crippen LogP contribution is 2.25. The lowest BCUT2D eigenvalue weighted by Crippen LogP contribution is -2.46. The van der Waals surface area contributed by atoms with Crippen LogP contribution in [0.5, 0.6) is 5.75 Å². The molecule has 26 heavy (non-hydrogen) atoms. The number of hydrogen-bond acceptors (Lipinski definition) is 4. The zero-order valence-corrected chi connectivity index (χ0v) is 16.0. The van der Waals surface area contributed by atoms with Gasteiger partial charge in [-0.25, -0.2) is 4.79 Å². The van der Waals surface area contributed by atoms with Crippen LogP contribution in [0.15, 0.2) is 24.3 Å². The van der Waals surface area contributed by atoms with E-state index >= 15 is 0 Å². The number of carbonyl (C=O) groups is 3. The standard InChI is InChI=1S/C19H27N3O4/c1-13(2)10-19(3)17(24)22(18(25)20-19)12-16(23)21(4)11-14-8-6-7-9-15(14)26-5/h6-9,13H,10-12H2,1-5H3,(H,20,25)/t19-/m0/s1. The van der Waals surface area contributed by atoms with Gasteiger partial charge in [0.25, 0.3) is 5.91 Å². The molecule has 1 saturated heterocycles. The van der Waals surface area contributed by atoms with Crippen molar-refractivity contribution < 1.29 is 19.1 Å². The maximum atomic E-state index is 12.6. The Kier molecular flexibility index (Phi) is 5.90. The second-order valence-electron chi connectivity index (χ2n) is 7.31. The Morgan fingerprint density at radius 1 is 1.31 bits per heavy atom. The molecule has 4 amide bonds. The molecule has 1 fully saturated rings. The molecule has 1 aromatic rings. The van der Waals surface area contributed by atoms with Gasteiger partial charge in [0.1, 0.15) is 17.8 Å². The third-order valence-corrected chi connectivity index (χ3v) is 4.48. The summed E-state index contributed by atoms with van der Waals surface area (Å²) in [6.45, 7) is 5.73. The van der Waals surface area contributed by atoms with E-state index in [9.17, 15) is 14.4 Å². The largest absolute Gasteiger partial charge is 0.496 e. The number of para-hydroxylation sites is 1. The van der Waals surface area contributed by atoms with Crippen molar-refractivity contribution >= 4 is 17.8 Å². The van der Waals surface area contributed by atoms with Gasteiger partial charge in [-0.2, -0.15) is 0 Å². The van der Waals surface area contributed by atoms with E-state index in [0.717, 1.165) is 10.5 Å². The number of carbonyl (C=O) groups excluding carboxylic acids is 3. The molecule has 7 heteroatoms. The molecule has 142 valence electrons. The summed E-state index contributed by atoms with van der Waals surface area (Å²) in [6.07, 6.45) is 0.527. The van der Waals surface area contributed by atoms with E-state index in [1.165, 1.54) is 4.90 Å². The molecule has 0 aliphatic carbocycles. The molecule has 2 rings (SSSR count). The number of benzene rings is 1. The van der Waals surface area contributed by atoms with Crippen molar-refractivity contribution in [2.75, 3.05) is 20.7 Å². The first-order valence-corrected chi connectivity index (χ1v) is 8.68. The molecule has 0 aromatic heterocycles. The second-order valence-corrected chi connectivity index (χ2v) is 7.31. The topological polar surface area (TPSA) is 79.0 Å². The van der Waals surface area contributed by atoms with Crippen LogP contribution < -0.4 is 10.1 Å². The van der Waals surface area contributed by atoms with E-state index in [-0.39, 0.29) is 24.3 Å². The fraction of sp³-hybridized carbons (Fsp3) is 0.526. The van der Waals surface area contributed by atoms with Crippen molar-refractivity contribution in [1.29, 1.82) is 0 Å². The van der Waals surface area contributed by atoms with Gasteiger partial charge in [0.15, 0.2) is 0 Å². The predicted molar refractivity (Wildman–Crippen MR) is 97.6 cm³/mol. The van der Waals surface area contributed by atoms with E-state index in [2.05, 4.69) is 5.32 Å². The van der Waals surface area contributed by atoms with E-state index in [1.54, 1.807) is 21.1 Å². The van der Waals surface area contributed by atoms with Gasteiger partial charge in [0.2, 0.25) is 5.91 Å². The van der Waals surface area contributed by atoms with Gasteiger partial charge in [-0.1, -0.05) is 32.0 Å². The van der Waals surface area contributed by atoms with E-state index < -0.39 is 11.6 Å². The first-order chi connectivity index (χ1) is 12.2. The van der Waals surface area contributed by atoms with Gasteiger partial charge in [-0.05, 0) is 25.3 Å². The molecule has 1 heterocycles. The van der Waals surface area contributed by atoms with Crippen LogP contribution in [0.3, 0.4) is 0 Å². The third-order valence-electron chi connectivity index (χ3n) is 4.48. The maximum absolute atomic E-state index is 12.6. The zero-order chi connectivity index (χ0) is 19.5. The van der Waals surface area contributed by atoms with Gasteiger partial charge < -0.3 is 15.0 Å². The van der Waals surface area contributed by atoms with Gasteiger partial charge in [0, 0.05) is 19.2 Å². The highest BCUT2D eigenvalue weighted by Gasteiger charge is 2.48. The Morgan fingerprint density at radius 3 is 2.58 bits per heavy atom. The molecule has 0 spiro atoms. The van der Waals surface area contributed by atoms with E-state index in [1.807, 2.05) is 38.1 Å². The van der Waals surface area contributed by atoms with Gasteiger partial charge in [-0.3, -0.25) is 14.5 Å². The van der Waals surface area contributed by atoms with E-state index in [0.29, 0.717) is 18.7 Å². The Balaban J connectivity index is 2.04.